The summed E-state index contributed by atoms with van der Waals surface area (Å²) in [6.07, 6.45) is 10.7. The maximum absolute atomic E-state index is 5.95. The summed E-state index contributed by atoms with van der Waals surface area (Å²) in [5.74, 6) is 2.73. The first-order chi connectivity index (χ1) is 25.7. The smallest absolute Gasteiger partial charge is 0.455 e. The van der Waals surface area contributed by atoms with E-state index in [0.29, 0.717) is 45.2 Å². The molecule has 0 bridgehead atoms. The summed E-state index contributed by atoms with van der Waals surface area (Å²) in [6, 6.07) is 18.0. The topological polar surface area (TPSA) is 174 Å². The maximum atomic E-state index is 5.95. The van der Waals surface area contributed by atoms with Gasteiger partial charge in [0.25, 0.3) is 0 Å². The first kappa shape index (κ1) is 39.4. The Balaban J connectivity index is 0.000000159. The number of anilines is 4. The Labute approximate surface area is 320 Å². The highest BCUT2D eigenvalue weighted by Crippen LogP contribution is 2.38. The first-order valence-corrected chi connectivity index (χ1v) is 17.5. The Kier molecular flexibility index (Phi) is 12.4. The van der Waals surface area contributed by atoms with Gasteiger partial charge in [-0.2, -0.15) is 10.2 Å². The molecule has 1 aliphatic rings. The number of hydrogen-bond acceptors (Lipinski definition) is 12. The zero-order valence-electron chi connectivity index (χ0n) is 31.7. The Bertz CT molecular complexity index is 2120. The van der Waals surface area contributed by atoms with Gasteiger partial charge in [0.15, 0.2) is 16.7 Å². The van der Waals surface area contributed by atoms with Crippen LogP contribution in [-0.4, -0.2) is 61.9 Å². The average molecular weight is 753 g/mol. The fourth-order valence-electron chi connectivity index (χ4n) is 5.13. The number of nitrogens with two attached hydrogens (primary N) is 2. The molecule has 0 unspecified atom stereocenters. The quantitative estimate of drug-likeness (QED) is 0.0731. The lowest BCUT2D eigenvalue weighted by atomic mass is 9.82. The van der Waals surface area contributed by atoms with Crippen molar-refractivity contribution in [3.05, 3.63) is 103 Å². The molecule has 0 atom stereocenters. The summed E-state index contributed by atoms with van der Waals surface area (Å²) >= 11 is 5.95. The van der Waals surface area contributed by atoms with Crippen LogP contribution in [0.3, 0.4) is 0 Å². The summed E-state index contributed by atoms with van der Waals surface area (Å²) in [4.78, 5) is 8.40. The molecule has 0 saturated carbocycles. The predicted octanol–water partition coefficient (Wildman–Crippen LogP) is 6.77. The van der Waals surface area contributed by atoms with Gasteiger partial charge < -0.3 is 40.9 Å². The average Bonchev–Trinajstić information content (AvgIpc) is 3.83. The maximum Gasteiger partial charge on any atom is 0.498 e. The number of halogens is 1. The van der Waals surface area contributed by atoms with Gasteiger partial charge in [0, 0.05) is 93.7 Å². The Morgan fingerprint density at radius 1 is 0.685 bits per heavy atom. The number of aromatic nitrogens is 6. The van der Waals surface area contributed by atoms with E-state index < -0.39 is 0 Å². The van der Waals surface area contributed by atoms with Gasteiger partial charge in [-0.05, 0) is 76.2 Å². The van der Waals surface area contributed by atoms with E-state index in [1.807, 2.05) is 79.4 Å². The standard InChI is InChI=1S/C16H17N5O.C12H12ClN3O.C10H17BN2O2/c1-18-16-14(22-13-5-3-12(17)4-6-13)7-8-19-15(16)11-9-20-21(2)10-11;1-15-11-10(6-7-16-12(11)13)17-9-4-2-8(14)3-5-9;1-9(2)10(3,4)15-11(14-9)8-6-12-13(5)7-8/h3-10,18H,17H2,1-2H3;2-7,15H,14H2,1H3;6-7H,1-5H3. The van der Waals surface area contributed by atoms with Gasteiger partial charge in [-0.15, -0.1) is 0 Å². The van der Waals surface area contributed by atoms with Gasteiger partial charge in [0.1, 0.15) is 28.6 Å². The number of hydrogen-bond donors (Lipinski definition) is 4. The molecular formula is C38H46BClN10O4. The molecule has 54 heavy (non-hydrogen) atoms. The summed E-state index contributed by atoms with van der Waals surface area (Å²) < 4.78 is 26.9. The molecular weight excluding hydrogens is 707 g/mol. The highest BCUT2D eigenvalue weighted by Gasteiger charge is 2.52. The molecule has 6 N–H and O–H groups in total. The Hall–Kier alpha value is -5.77. The van der Waals surface area contributed by atoms with Crippen LogP contribution in [-0.2, 0) is 23.4 Å². The zero-order chi connectivity index (χ0) is 39.0. The summed E-state index contributed by atoms with van der Waals surface area (Å²) in [5.41, 5.74) is 16.3. The van der Waals surface area contributed by atoms with E-state index in [-0.39, 0.29) is 18.3 Å². The van der Waals surface area contributed by atoms with Crippen LogP contribution < -0.4 is 37.0 Å². The number of ether oxygens (including phenoxy) is 2. The number of benzene rings is 2. The Morgan fingerprint density at radius 3 is 1.63 bits per heavy atom. The minimum Gasteiger partial charge on any atom is -0.455 e. The molecule has 2 aromatic carbocycles. The van der Waals surface area contributed by atoms with Crippen molar-refractivity contribution in [2.45, 2.75) is 38.9 Å². The van der Waals surface area contributed by atoms with Crippen LogP contribution in [0.25, 0.3) is 11.3 Å². The van der Waals surface area contributed by atoms with Gasteiger partial charge in [-0.25, -0.2) is 4.98 Å². The molecule has 0 radical (unpaired) electrons. The third-order valence-corrected chi connectivity index (χ3v) is 9.01. The van der Waals surface area contributed by atoms with Crippen molar-refractivity contribution in [3.8, 4) is 34.3 Å². The molecule has 7 rings (SSSR count). The molecule has 16 heteroatoms. The zero-order valence-corrected chi connectivity index (χ0v) is 32.4. The van der Waals surface area contributed by atoms with Gasteiger partial charge in [0.05, 0.1) is 17.4 Å². The van der Waals surface area contributed by atoms with Crippen molar-refractivity contribution in [2.24, 2.45) is 14.1 Å². The molecule has 14 nitrogen and oxygen atoms in total. The molecule has 5 heterocycles. The van der Waals surface area contributed by atoms with Crippen molar-refractivity contribution in [3.63, 3.8) is 0 Å². The molecule has 0 spiro atoms. The number of aryl methyl sites for hydroxylation is 2. The number of nitrogen functional groups attached to an aromatic ring is 2. The molecule has 1 saturated heterocycles. The molecule has 4 aromatic heterocycles. The lowest BCUT2D eigenvalue weighted by Gasteiger charge is -2.32. The lowest BCUT2D eigenvalue weighted by Crippen LogP contribution is -2.41. The number of nitrogens with one attached hydrogen (secondary N) is 2. The molecule has 282 valence electrons. The van der Waals surface area contributed by atoms with E-state index in [1.54, 1.807) is 83.7 Å². The Morgan fingerprint density at radius 2 is 1.17 bits per heavy atom. The second kappa shape index (κ2) is 16.9. The summed E-state index contributed by atoms with van der Waals surface area (Å²) in [6.45, 7) is 8.18. The van der Waals surface area contributed by atoms with Gasteiger partial charge >= 0.3 is 7.12 Å². The normalized spacial score (nSPS) is 13.9. The SMILES string of the molecule is CNc1c(Oc2ccc(N)cc2)ccnc1-c1cnn(C)c1.CNc1c(Oc2ccc(N)cc2)ccnc1Cl.Cn1cc(B2OC(C)(C)C(C)(C)O2)cn1. The molecule has 1 fully saturated rings. The van der Waals surface area contributed by atoms with Crippen LogP contribution >= 0.6 is 11.6 Å². The van der Waals surface area contributed by atoms with Crippen LogP contribution in [0.5, 0.6) is 23.0 Å². The number of nitrogens with zero attached hydrogens (tertiary/aromatic N) is 6. The van der Waals surface area contributed by atoms with Crippen LogP contribution in [0.15, 0.2) is 97.8 Å². The minimum absolute atomic E-state index is 0.284. The van der Waals surface area contributed by atoms with Crippen LogP contribution in [0.2, 0.25) is 5.15 Å². The van der Waals surface area contributed by atoms with Crippen molar-refractivity contribution in [1.82, 2.24) is 29.5 Å². The van der Waals surface area contributed by atoms with Crippen molar-refractivity contribution in [1.29, 1.82) is 0 Å². The summed E-state index contributed by atoms with van der Waals surface area (Å²) in [5, 5.41) is 14.8. The predicted molar refractivity (Wildman–Crippen MR) is 216 cm³/mol. The monoisotopic (exact) mass is 752 g/mol. The molecule has 0 aliphatic carbocycles. The van der Waals surface area contributed by atoms with E-state index in [9.17, 15) is 0 Å². The molecule has 6 aromatic rings. The summed E-state index contributed by atoms with van der Waals surface area (Å²) in [7, 11) is 7.06. The number of rotatable bonds is 8. The first-order valence-electron chi connectivity index (χ1n) is 17.1. The van der Waals surface area contributed by atoms with Crippen LogP contribution in [0, 0.1) is 0 Å². The van der Waals surface area contributed by atoms with E-state index in [0.717, 1.165) is 22.4 Å². The largest absolute Gasteiger partial charge is 0.498 e. The third kappa shape index (κ3) is 9.61. The van der Waals surface area contributed by atoms with Gasteiger partial charge in [0.2, 0.25) is 0 Å². The minimum atomic E-state index is -0.302. The van der Waals surface area contributed by atoms with E-state index in [2.05, 4.69) is 30.8 Å². The van der Waals surface area contributed by atoms with Crippen molar-refractivity contribution < 1.29 is 18.8 Å². The highest BCUT2D eigenvalue weighted by atomic mass is 35.5. The van der Waals surface area contributed by atoms with E-state index >= 15 is 0 Å². The second-order valence-corrected chi connectivity index (χ2v) is 13.6. The highest BCUT2D eigenvalue weighted by molar-refractivity contribution is 6.62. The fourth-order valence-corrected chi connectivity index (χ4v) is 5.38. The van der Waals surface area contributed by atoms with E-state index in [1.165, 1.54) is 0 Å². The van der Waals surface area contributed by atoms with Crippen LogP contribution in [0.4, 0.5) is 22.7 Å². The van der Waals surface area contributed by atoms with Crippen molar-refractivity contribution >= 4 is 46.9 Å². The fraction of sp³-hybridized carbons (Fsp3) is 0.263. The molecule has 1 aliphatic heterocycles. The van der Waals surface area contributed by atoms with Gasteiger partial charge in [-0.3, -0.25) is 14.3 Å². The van der Waals surface area contributed by atoms with Crippen molar-refractivity contribution in [2.75, 3.05) is 36.2 Å². The van der Waals surface area contributed by atoms with E-state index in [4.69, 9.17) is 41.9 Å². The van der Waals surface area contributed by atoms with Gasteiger partial charge in [-0.1, -0.05) is 11.6 Å². The molecule has 0 amide bonds. The second-order valence-electron chi connectivity index (χ2n) is 13.3. The third-order valence-electron chi connectivity index (χ3n) is 8.72. The lowest BCUT2D eigenvalue weighted by molar-refractivity contribution is 0.00578. The van der Waals surface area contributed by atoms with Crippen LogP contribution in [0.1, 0.15) is 27.7 Å². The number of pyridine rings is 2.